The molecular formula is C19H19F2NO4. The van der Waals surface area contributed by atoms with Crippen molar-refractivity contribution >= 4 is 5.91 Å². The summed E-state index contributed by atoms with van der Waals surface area (Å²) in [5.41, 5.74) is 0.0896. The van der Waals surface area contributed by atoms with Gasteiger partial charge in [-0.15, -0.1) is 0 Å². The van der Waals surface area contributed by atoms with Crippen molar-refractivity contribution in [2.24, 2.45) is 0 Å². The van der Waals surface area contributed by atoms with Gasteiger partial charge in [0.05, 0.1) is 12.1 Å². The fourth-order valence-corrected chi connectivity index (χ4v) is 2.77. The Labute approximate surface area is 150 Å². The van der Waals surface area contributed by atoms with Gasteiger partial charge in [0, 0.05) is 6.54 Å². The van der Waals surface area contributed by atoms with Crippen molar-refractivity contribution < 1.29 is 27.8 Å². The van der Waals surface area contributed by atoms with Gasteiger partial charge in [0.2, 0.25) is 0 Å². The lowest BCUT2D eigenvalue weighted by atomic mass is 10.1. The Balaban J connectivity index is 1.73. The minimum Gasteiger partial charge on any atom is -0.486 e. The standard InChI is InChI=1S/C19H19F2NO4/c1-2-22(11-13-12-24-16-9-5-6-10-17(16)25-13)18(23)14-7-3-4-8-15(14)26-19(20)21/h3-10,13,19H,2,11-12H2,1H3. The van der Waals surface area contributed by atoms with Gasteiger partial charge in [0.25, 0.3) is 5.91 Å². The predicted molar refractivity (Wildman–Crippen MR) is 91.0 cm³/mol. The van der Waals surface area contributed by atoms with Gasteiger partial charge >= 0.3 is 6.61 Å². The zero-order valence-electron chi connectivity index (χ0n) is 14.2. The molecule has 0 spiro atoms. The quantitative estimate of drug-likeness (QED) is 0.787. The number of para-hydroxylation sites is 3. The number of amides is 1. The first-order valence-corrected chi connectivity index (χ1v) is 8.30. The van der Waals surface area contributed by atoms with E-state index in [-0.39, 0.29) is 24.0 Å². The summed E-state index contributed by atoms with van der Waals surface area (Å²) in [5.74, 6) is 0.741. The number of hydrogen-bond acceptors (Lipinski definition) is 4. The molecule has 2 aromatic carbocycles. The van der Waals surface area contributed by atoms with Gasteiger partial charge in [0.15, 0.2) is 17.6 Å². The molecule has 138 valence electrons. The Hall–Kier alpha value is -2.83. The maximum absolute atomic E-state index is 12.8. The highest BCUT2D eigenvalue weighted by atomic mass is 19.3. The van der Waals surface area contributed by atoms with E-state index in [1.54, 1.807) is 18.2 Å². The number of benzene rings is 2. The molecule has 1 aliphatic heterocycles. The second-order valence-electron chi connectivity index (χ2n) is 5.72. The Morgan fingerprint density at radius 2 is 1.88 bits per heavy atom. The molecule has 0 fully saturated rings. The zero-order valence-corrected chi connectivity index (χ0v) is 14.2. The Bertz CT molecular complexity index is 769. The highest BCUT2D eigenvalue weighted by molar-refractivity contribution is 5.97. The predicted octanol–water partition coefficient (Wildman–Crippen LogP) is 3.59. The van der Waals surface area contributed by atoms with Crippen molar-refractivity contribution in [2.75, 3.05) is 19.7 Å². The highest BCUT2D eigenvalue weighted by Gasteiger charge is 2.27. The van der Waals surface area contributed by atoms with Crippen LogP contribution < -0.4 is 14.2 Å². The van der Waals surface area contributed by atoms with Crippen LogP contribution in [0, 0.1) is 0 Å². The average molecular weight is 363 g/mol. The number of nitrogens with zero attached hydrogens (tertiary/aromatic N) is 1. The molecule has 0 saturated heterocycles. The molecule has 1 aliphatic rings. The molecule has 0 aromatic heterocycles. The SMILES string of the molecule is CCN(CC1COc2ccccc2O1)C(=O)c1ccccc1OC(F)F. The van der Waals surface area contributed by atoms with Crippen LogP contribution in [0.2, 0.25) is 0 Å². The number of carbonyl (C=O) groups excluding carboxylic acids is 1. The zero-order chi connectivity index (χ0) is 18.5. The fraction of sp³-hybridized carbons (Fsp3) is 0.316. The summed E-state index contributed by atoms with van der Waals surface area (Å²) in [6.45, 7) is -0.219. The number of carbonyl (C=O) groups is 1. The number of alkyl halides is 2. The van der Waals surface area contributed by atoms with Crippen LogP contribution in [0.5, 0.6) is 17.2 Å². The molecule has 1 amide bonds. The summed E-state index contributed by atoms with van der Waals surface area (Å²) in [6.07, 6.45) is -0.350. The van der Waals surface area contributed by atoms with Crippen LogP contribution in [0.3, 0.4) is 0 Å². The molecule has 1 heterocycles. The van der Waals surface area contributed by atoms with Crippen LogP contribution in [0.4, 0.5) is 8.78 Å². The lowest BCUT2D eigenvalue weighted by Gasteiger charge is -2.31. The van der Waals surface area contributed by atoms with Crippen molar-refractivity contribution in [3.63, 3.8) is 0 Å². The van der Waals surface area contributed by atoms with E-state index in [4.69, 9.17) is 9.47 Å². The van der Waals surface area contributed by atoms with Crippen LogP contribution >= 0.6 is 0 Å². The van der Waals surface area contributed by atoms with Gasteiger partial charge in [-0.1, -0.05) is 24.3 Å². The van der Waals surface area contributed by atoms with E-state index in [1.165, 1.54) is 17.0 Å². The molecule has 0 bridgehead atoms. The third-order valence-corrected chi connectivity index (χ3v) is 3.99. The molecule has 26 heavy (non-hydrogen) atoms. The minimum atomic E-state index is -2.99. The molecule has 0 radical (unpaired) electrons. The first kappa shape index (κ1) is 18.0. The molecule has 3 rings (SSSR count). The van der Waals surface area contributed by atoms with Gasteiger partial charge in [-0.25, -0.2) is 0 Å². The molecule has 1 unspecified atom stereocenters. The number of fused-ring (bicyclic) bond motifs is 1. The summed E-state index contributed by atoms with van der Waals surface area (Å²) < 4.78 is 41.1. The van der Waals surface area contributed by atoms with E-state index in [0.29, 0.717) is 24.7 Å². The number of hydrogen-bond donors (Lipinski definition) is 0. The second-order valence-corrected chi connectivity index (χ2v) is 5.72. The minimum absolute atomic E-state index is 0.0896. The molecule has 7 heteroatoms. The van der Waals surface area contributed by atoms with E-state index in [2.05, 4.69) is 4.74 Å². The number of rotatable bonds is 6. The van der Waals surface area contributed by atoms with Crippen LogP contribution in [0.1, 0.15) is 17.3 Å². The third kappa shape index (κ3) is 4.04. The molecular weight excluding hydrogens is 344 g/mol. The smallest absolute Gasteiger partial charge is 0.387 e. The van der Waals surface area contributed by atoms with E-state index in [9.17, 15) is 13.6 Å². The average Bonchev–Trinajstić information content (AvgIpc) is 2.65. The van der Waals surface area contributed by atoms with Gasteiger partial charge in [-0.2, -0.15) is 8.78 Å². The second kappa shape index (κ2) is 8.03. The largest absolute Gasteiger partial charge is 0.486 e. The lowest BCUT2D eigenvalue weighted by Crippen LogP contribution is -2.43. The van der Waals surface area contributed by atoms with Crippen LogP contribution in [-0.2, 0) is 0 Å². The number of likely N-dealkylation sites (N-methyl/N-ethyl adjacent to an activating group) is 1. The number of ether oxygens (including phenoxy) is 3. The Morgan fingerprint density at radius 3 is 2.62 bits per heavy atom. The Kier molecular flexibility index (Phi) is 5.55. The van der Waals surface area contributed by atoms with Crippen LogP contribution in [-0.4, -0.2) is 43.2 Å². The maximum atomic E-state index is 12.8. The summed E-state index contributed by atoms with van der Waals surface area (Å²) in [5, 5.41) is 0. The molecule has 2 aromatic rings. The third-order valence-electron chi connectivity index (χ3n) is 3.99. The van der Waals surface area contributed by atoms with Crippen molar-refractivity contribution in [1.29, 1.82) is 0 Å². The monoisotopic (exact) mass is 363 g/mol. The summed E-state index contributed by atoms with van der Waals surface area (Å²) in [7, 11) is 0. The maximum Gasteiger partial charge on any atom is 0.387 e. The van der Waals surface area contributed by atoms with Crippen molar-refractivity contribution in [1.82, 2.24) is 4.90 Å². The Morgan fingerprint density at radius 1 is 1.19 bits per heavy atom. The van der Waals surface area contributed by atoms with Gasteiger partial charge in [-0.3, -0.25) is 4.79 Å². The fourth-order valence-electron chi connectivity index (χ4n) is 2.77. The van der Waals surface area contributed by atoms with Crippen LogP contribution in [0.15, 0.2) is 48.5 Å². The van der Waals surface area contributed by atoms with Gasteiger partial charge in [0.1, 0.15) is 12.4 Å². The van der Waals surface area contributed by atoms with Crippen LogP contribution in [0.25, 0.3) is 0 Å². The van der Waals surface area contributed by atoms with E-state index >= 15 is 0 Å². The summed E-state index contributed by atoms with van der Waals surface area (Å²) in [6, 6.07) is 13.3. The molecule has 0 saturated carbocycles. The summed E-state index contributed by atoms with van der Waals surface area (Å²) in [4.78, 5) is 14.3. The van der Waals surface area contributed by atoms with Crippen molar-refractivity contribution in [2.45, 2.75) is 19.6 Å². The van der Waals surface area contributed by atoms with E-state index in [0.717, 1.165) is 0 Å². The lowest BCUT2D eigenvalue weighted by molar-refractivity contribution is -0.0503. The topological polar surface area (TPSA) is 48.0 Å². The molecule has 1 atom stereocenters. The normalized spacial score (nSPS) is 15.6. The molecule has 0 N–H and O–H groups in total. The first-order chi connectivity index (χ1) is 12.6. The highest BCUT2D eigenvalue weighted by Crippen LogP contribution is 2.31. The summed E-state index contributed by atoms with van der Waals surface area (Å²) >= 11 is 0. The first-order valence-electron chi connectivity index (χ1n) is 8.30. The van der Waals surface area contributed by atoms with Crippen molar-refractivity contribution in [3.8, 4) is 17.2 Å². The van der Waals surface area contributed by atoms with Gasteiger partial charge < -0.3 is 19.1 Å². The molecule has 0 aliphatic carbocycles. The van der Waals surface area contributed by atoms with Gasteiger partial charge in [-0.05, 0) is 31.2 Å². The number of halogens is 2. The molecule has 5 nitrogen and oxygen atoms in total. The van der Waals surface area contributed by atoms with E-state index in [1.807, 2.05) is 25.1 Å². The van der Waals surface area contributed by atoms with E-state index < -0.39 is 12.5 Å². The van der Waals surface area contributed by atoms with Crippen molar-refractivity contribution in [3.05, 3.63) is 54.1 Å².